The molecule has 0 fully saturated rings. The Kier molecular flexibility index (Phi) is 7.02. The lowest BCUT2D eigenvalue weighted by Crippen LogP contribution is -2.42. The van der Waals surface area contributed by atoms with Gasteiger partial charge in [-0.05, 0) is 38.1 Å². The van der Waals surface area contributed by atoms with Crippen molar-refractivity contribution in [3.63, 3.8) is 0 Å². The second kappa shape index (κ2) is 9.88. The first kappa shape index (κ1) is 20.6. The highest BCUT2D eigenvalue weighted by Crippen LogP contribution is 2.19. The van der Waals surface area contributed by atoms with Crippen molar-refractivity contribution in [2.24, 2.45) is 0 Å². The van der Waals surface area contributed by atoms with E-state index in [4.69, 9.17) is 4.42 Å². The van der Waals surface area contributed by atoms with E-state index in [0.29, 0.717) is 18.2 Å². The number of carbonyl (C=O) groups excluding carboxylic acids is 2. The van der Waals surface area contributed by atoms with E-state index in [-0.39, 0.29) is 24.0 Å². The average Bonchev–Trinajstić information content (AvgIpc) is 3.20. The molecular weight excluding hydrogens is 388 g/mol. The molecule has 7 nitrogen and oxygen atoms in total. The fraction of sp³-hybridized carbons (Fsp3) is 0.238. The van der Waals surface area contributed by atoms with Gasteiger partial charge in [-0.1, -0.05) is 35.4 Å². The number of carbonyl (C=O) groups is 2. The molecule has 150 valence electrons. The fourth-order valence-electron chi connectivity index (χ4n) is 2.41. The van der Waals surface area contributed by atoms with Gasteiger partial charge in [0.2, 0.25) is 23.6 Å². The zero-order valence-corrected chi connectivity index (χ0v) is 17.1. The summed E-state index contributed by atoms with van der Waals surface area (Å²) in [4.78, 5) is 24.8. The van der Waals surface area contributed by atoms with Crippen molar-refractivity contribution in [1.29, 1.82) is 0 Å². The third-order valence-electron chi connectivity index (χ3n) is 4.06. The molecule has 2 amide bonds. The van der Waals surface area contributed by atoms with E-state index < -0.39 is 0 Å². The van der Waals surface area contributed by atoms with E-state index in [0.717, 1.165) is 16.0 Å². The van der Waals surface area contributed by atoms with Gasteiger partial charge in [-0.25, -0.2) is 0 Å². The number of amides is 2. The summed E-state index contributed by atoms with van der Waals surface area (Å²) in [5.74, 6) is 0.406. The zero-order chi connectivity index (χ0) is 20.6. The van der Waals surface area contributed by atoms with Crippen LogP contribution < -0.4 is 10.9 Å². The Bertz CT molecular complexity index is 968. The van der Waals surface area contributed by atoms with Crippen LogP contribution in [0.5, 0.6) is 0 Å². The second-order valence-electron chi connectivity index (χ2n) is 6.57. The van der Waals surface area contributed by atoms with Crippen molar-refractivity contribution < 1.29 is 14.0 Å². The third-order valence-corrected chi connectivity index (χ3v) is 5.08. The molecule has 0 unspecified atom stereocenters. The van der Waals surface area contributed by atoms with Gasteiger partial charge in [-0.3, -0.25) is 20.4 Å². The molecule has 0 saturated heterocycles. The predicted octanol–water partition coefficient (Wildman–Crippen LogP) is 3.23. The molecular formula is C21H22N4O3S. The normalized spacial score (nSPS) is 10.6. The molecule has 0 atom stereocenters. The van der Waals surface area contributed by atoms with Crippen LogP contribution in [0.2, 0.25) is 0 Å². The Balaban J connectivity index is 1.38. The Hall–Kier alpha value is -3.13. The topological polar surface area (TPSA) is 97.1 Å². The van der Waals surface area contributed by atoms with Crippen LogP contribution in [-0.4, -0.2) is 27.8 Å². The minimum atomic E-state index is -0.325. The van der Waals surface area contributed by atoms with Crippen LogP contribution in [0.4, 0.5) is 0 Å². The Morgan fingerprint density at radius 3 is 2.21 bits per heavy atom. The third kappa shape index (κ3) is 6.46. The number of thioether (sulfide) groups is 1. The molecule has 0 bridgehead atoms. The maximum absolute atomic E-state index is 11.9. The van der Waals surface area contributed by atoms with Gasteiger partial charge in [-0.2, -0.15) is 0 Å². The van der Waals surface area contributed by atoms with Crippen molar-refractivity contribution in [2.45, 2.75) is 31.6 Å². The van der Waals surface area contributed by atoms with E-state index in [1.54, 1.807) is 0 Å². The first-order valence-electron chi connectivity index (χ1n) is 9.16. The van der Waals surface area contributed by atoms with Crippen LogP contribution in [0.3, 0.4) is 0 Å². The van der Waals surface area contributed by atoms with Crippen LogP contribution >= 0.6 is 11.8 Å². The van der Waals surface area contributed by atoms with E-state index in [9.17, 15) is 9.59 Å². The number of hydrazine groups is 1. The van der Waals surface area contributed by atoms with Gasteiger partial charge >= 0.3 is 0 Å². The number of aryl methyl sites for hydroxylation is 3. The van der Waals surface area contributed by atoms with Crippen molar-refractivity contribution in [2.75, 3.05) is 5.75 Å². The first-order chi connectivity index (χ1) is 14.0. The number of nitrogens with one attached hydrogen (secondary N) is 2. The molecule has 0 aliphatic rings. The minimum absolute atomic E-state index is 0.126. The number of nitrogens with zero attached hydrogens (tertiary/aromatic N) is 2. The lowest BCUT2D eigenvalue weighted by atomic mass is 10.1. The second-order valence-corrected chi connectivity index (χ2v) is 7.61. The summed E-state index contributed by atoms with van der Waals surface area (Å²) < 4.78 is 5.59. The molecule has 0 radical (unpaired) electrons. The summed E-state index contributed by atoms with van der Waals surface area (Å²) in [6.07, 6.45) is 0.416. The maximum Gasteiger partial charge on any atom is 0.248 e. The highest BCUT2D eigenvalue weighted by molar-refractivity contribution is 8.00. The van der Waals surface area contributed by atoms with Crippen LogP contribution in [0.25, 0.3) is 11.5 Å². The quantitative estimate of drug-likeness (QED) is 0.459. The standard InChI is InChI=1S/C21H22N4O3S/c1-14-3-7-16(8-4-14)21-25-24-20(28-21)12-11-18(26)22-23-19(27)13-29-17-9-5-15(2)6-10-17/h3-10H,11-13H2,1-2H3,(H,22,26)(H,23,27). The van der Waals surface area contributed by atoms with Crippen LogP contribution in [0, 0.1) is 13.8 Å². The van der Waals surface area contributed by atoms with Gasteiger partial charge < -0.3 is 4.42 Å². The number of hydrogen-bond donors (Lipinski definition) is 2. The molecule has 2 N–H and O–H groups in total. The van der Waals surface area contributed by atoms with Gasteiger partial charge in [0.1, 0.15) is 0 Å². The highest BCUT2D eigenvalue weighted by Gasteiger charge is 2.11. The predicted molar refractivity (Wildman–Crippen MR) is 111 cm³/mol. The van der Waals surface area contributed by atoms with E-state index >= 15 is 0 Å². The first-order valence-corrected chi connectivity index (χ1v) is 10.1. The lowest BCUT2D eigenvalue weighted by Gasteiger charge is -2.06. The smallest absolute Gasteiger partial charge is 0.248 e. The van der Waals surface area contributed by atoms with Crippen molar-refractivity contribution in [3.05, 3.63) is 65.5 Å². The summed E-state index contributed by atoms with van der Waals surface area (Å²) in [7, 11) is 0. The molecule has 3 rings (SSSR count). The molecule has 0 spiro atoms. The highest BCUT2D eigenvalue weighted by atomic mass is 32.2. The molecule has 2 aromatic carbocycles. The summed E-state index contributed by atoms with van der Waals surface area (Å²) in [6, 6.07) is 15.6. The molecule has 29 heavy (non-hydrogen) atoms. The van der Waals surface area contributed by atoms with Gasteiger partial charge in [0.25, 0.3) is 0 Å². The number of aromatic nitrogens is 2. The summed E-state index contributed by atoms with van der Waals surface area (Å²) in [6.45, 7) is 4.01. The number of rotatable bonds is 7. The molecule has 1 heterocycles. The summed E-state index contributed by atoms with van der Waals surface area (Å²) in [5.41, 5.74) is 7.95. The van der Waals surface area contributed by atoms with Crippen LogP contribution in [0.1, 0.15) is 23.4 Å². The number of hydrogen-bond acceptors (Lipinski definition) is 6. The fourth-order valence-corrected chi connectivity index (χ4v) is 3.11. The van der Waals surface area contributed by atoms with Crippen molar-refractivity contribution in [3.8, 4) is 11.5 Å². The van der Waals surface area contributed by atoms with E-state index in [2.05, 4.69) is 21.0 Å². The van der Waals surface area contributed by atoms with Crippen molar-refractivity contribution >= 4 is 23.6 Å². The van der Waals surface area contributed by atoms with E-state index in [1.807, 2.05) is 62.4 Å². The summed E-state index contributed by atoms with van der Waals surface area (Å²) >= 11 is 1.40. The van der Waals surface area contributed by atoms with Gasteiger partial charge in [0.05, 0.1) is 5.75 Å². The Labute approximate surface area is 173 Å². The average molecular weight is 410 g/mol. The Morgan fingerprint density at radius 2 is 1.52 bits per heavy atom. The SMILES string of the molecule is Cc1ccc(SCC(=O)NNC(=O)CCc2nnc(-c3ccc(C)cc3)o2)cc1. The molecule has 0 aliphatic heterocycles. The molecule has 3 aromatic rings. The van der Waals surface area contributed by atoms with Crippen LogP contribution in [0.15, 0.2) is 57.8 Å². The summed E-state index contributed by atoms with van der Waals surface area (Å²) in [5, 5.41) is 7.97. The Morgan fingerprint density at radius 1 is 0.897 bits per heavy atom. The van der Waals surface area contributed by atoms with E-state index in [1.165, 1.54) is 17.3 Å². The number of benzene rings is 2. The van der Waals surface area contributed by atoms with Crippen LogP contribution in [-0.2, 0) is 16.0 Å². The molecule has 1 aromatic heterocycles. The maximum atomic E-state index is 11.9. The molecule has 8 heteroatoms. The van der Waals surface area contributed by atoms with Gasteiger partial charge in [-0.15, -0.1) is 22.0 Å². The monoisotopic (exact) mass is 410 g/mol. The van der Waals surface area contributed by atoms with Gasteiger partial charge in [0, 0.05) is 23.3 Å². The lowest BCUT2D eigenvalue weighted by molar-refractivity contribution is -0.127. The zero-order valence-electron chi connectivity index (χ0n) is 16.3. The minimum Gasteiger partial charge on any atom is -0.421 e. The van der Waals surface area contributed by atoms with Crippen molar-refractivity contribution in [1.82, 2.24) is 21.0 Å². The largest absolute Gasteiger partial charge is 0.421 e. The molecule has 0 aliphatic carbocycles. The van der Waals surface area contributed by atoms with Gasteiger partial charge in [0.15, 0.2) is 0 Å². The molecule has 0 saturated carbocycles.